The summed E-state index contributed by atoms with van der Waals surface area (Å²) in [7, 11) is 1.31. The minimum atomic E-state index is -0.452. The average Bonchev–Trinajstić information content (AvgIpc) is 2.37. The van der Waals surface area contributed by atoms with E-state index in [1.165, 1.54) is 14.0 Å². The zero-order chi connectivity index (χ0) is 13.1. The summed E-state index contributed by atoms with van der Waals surface area (Å²) >= 11 is 0. The molecule has 18 heavy (non-hydrogen) atoms. The third kappa shape index (κ3) is 2.29. The maximum atomic E-state index is 11.5. The molecule has 1 aromatic carbocycles. The molecule has 1 heterocycles. The van der Waals surface area contributed by atoms with Gasteiger partial charge in [-0.3, -0.25) is 9.78 Å². The van der Waals surface area contributed by atoms with Crippen molar-refractivity contribution in [2.45, 2.75) is 6.92 Å². The zero-order valence-electron chi connectivity index (χ0n) is 10.1. The standard InChI is InChI=1S/C13H12N2O3/c1-8(16)15-11-7-10(13(17)18-2)6-9-4-3-5-14-12(9)11/h3-7H,1-2H3,(H,15,16). The first-order valence-electron chi connectivity index (χ1n) is 5.36. The second-order valence-electron chi connectivity index (χ2n) is 3.77. The monoisotopic (exact) mass is 244 g/mol. The predicted molar refractivity (Wildman–Crippen MR) is 67.4 cm³/mol. The number of anilines is 1. The minimum Gasteiger partial charge on any atom is -0.465 e. The highest BCUT2D eigenvalue weighted by atomic mass is 16.5. The fourth-order valence-electron chi connectivity index (χ4n) is 1.71. The summed E-state index contributed by atoms with van der Waals surface area (Å²) in [5, 5.41) is 3.43. The molecule has 0 spiro atoms. The molecule has 0 aliphatic rings. The van der Waals surface area contributed by atoms with E-state index in [9.17, 15) is 9.59 Å². The number of ether oxygens (including phenoxy) is 1. The number of rotatable bonds is 2. The third-order valence-electron chi connectivity index (χ3n) is 2.44. The summed E-state index contributed by atoms with van der Waals surface area (Å²) in [6.45, 7) is 1.40. The van der Waals surface area contributed by atoms with Crippen molar-refractivity contribution in [1.29, 1.82) is 0 Å². The first-order valence-corrected chi connectivity index (χ1v) is 5.36. The average molecular weight is 244 g/mol. The van der Waals surface area contributed by atoms with Gasteiger partial charge >= 0.3 is 5.97 Å². The van der Waals surface area contributed by atoms with Gasteiger partial charge in [-0.05, 0) is 18.2 Å². The van der Waals surface area contributed by atoms with Gasteiger partial charge in [0.2, 0.25) is 5.91 Å². The van der Waals surface area contributed by atoms with Crippen molar-refractivity contribution in [1.82, 2.24) is 4.98 Å². The molecular formula is C13H12N2O3. The summed E-state index contributed by atoms with van der Waals surface area (Å²) in [5.74, 6) is -0.670. The number of carbonyl (C=O) groups excluding carboxylic acids is 2. The molecule has 5 heteroatoms. The Morgan fingerprint density at radius 2 is 2.11 bits per heavy atom. The quantitative estimate of drug-likeness (QED) is 0.820. The van der Waals surface area contributed by atoms with Crippen LogP contribution in [0.15, 0.2) is 30.5 Å². The second-order valence-corrected chi connectivity index (χ2v) is 3.77. The van der Waals surface area contributed by atoms with Crippen molar-refractivity contribution >= 4 is 28.5 Å². The Kier molecular flexibility index (Phi) is 3.23. The summed E-state index contributed by atoms with van der Waals surface area (Å²) in [6, 6.07) is 6.82. The van der Waals surface area contributed by atoms with Crippen molar-refractivity contribution in [3.05, 3.63) is 36.0 Å². The Hall–Kier alpha value is -2.43. The van der Waals surface area contributed by atoms with E-state index in [0.29, 0.717) is 16.8 Å². The highest BCUT2D eigenvalue weighted by Crippen LogP contribution is 2.24. The Morgan fingerprint density at radius 3 is 2.78 bits per heavy atom. The summed E-state index contributed by atoms with van der Waals surface area (Å²) in [6.07, 6.45) is 1.63. The van der Waals surface area contributed by atoms with Crippen molar-refractivity contribution in [2.75, 3.05) is 12.4 Å². The van der Waals surface area contributed by atoms with Crippen LogP contribution >= 0.6 is 0 Å². The molecule has 0 fully saturated rings. The van der Waals surface area contributed by atoms with Crippen molar-refractivity contribution in [2.24, 2.45) is 0 Å². The van der Waals surface area contributed by atoms with Gasteiger partial charge in [0.1, 0.15) is 0 Å². The van der Waals surface area contributed by atoms with E-state index in [1.807, 2.05) is 6.07 Å². The van der Waals surface area contributed by atoms with E-state index in [1.54, 1.807) is 24.4 Å². The molecule has 0 aliphatic carbocycles. The number of carbonyl (C=O) groups is 2. The molecule has 0 radical (unpaired) electrons. The lowest BCUT2D eigenvalue weighted by Crippen LogP contribution is -2.09. The van der Waals surface area contributed by atoms with Crippen molar-refractivity contribution in [3.63, 3.8) is 0 Å². The SMILES string of the molecule is COC(=O)c1cc(NC(C)=O)c2ncccc2c1. The van der Waals surface area contributed by atoms with Crippen LogP contribution in [0.3, 0.4) is 0 Å². The summed E-state index contributed by atoms with van der Waals surface area (Å²) < 4.78 is 4.67. The lowest BCUT2D eigenvalue weighted by Gasteiger charge is -2.08. The lowest BCUT2D eigenvalue weighted by molar-refractivity contribution is -0.114. The zero-order valence-corrected chi connectivity index (χ0v) is 10.1. The van der Waals surface area contributed by atoms with Crippen LogP contribution in [0.4, 0.5) is 5.69 Å². The number of fused-ring (bicyclic) bond motifs is 1. The first kappa shape index (κ1) is 12.0. The summed E-state index contributed by atoms with van der Waals surface area (Å²) in [5.41, 5.74) is 1.52. The Balaban J connectivity index is 2.64. The fourth-order valence-corrected chi connectivity index (χ4v) is 1.71. The van der Waals surface area contributed by atoms with Gasteiger partial charge in [0.15, 0.2) is 0 Å². The number of methoxy groups -OCH3 is 1. The van der Waals surface area contributed by atoms with Crippen LogP contribution in [0.25, 0.3) is 10.9 Å². The molecule has 0 atom stereocenters. The first-order chi connectivity index (χ1) is 8.61. The molecule has 0 saturated carbocycles. The molecule has 0 saturated heterocycles. The molecule has 92 valence electrons. The Labute approximate surface area is 104 Å². The molecular weight excluding hydrogens is 232 g/mol. The maximum absolute atomic E-state index is 11.5. The smallest absolute Gasteiger partial charge is 0.337 e. The number of amides is 1. The van der Waals surface area contributed by atoms with Gasteiger partial charge in [-0.1, -0.05) is 6.07 Å². The maximum Gasteiger partial charge on any atom is 0.337 e. The third-order valence-corrected chi connectivity index (χ3v) is 2.44. The highest BCUT2D eigenvalue weighted by Gasteiger charge is 2.11. The fraction of sp³-hybridized carbons (Fsp3) is 0.154. The van der Waals surface area contributed by atoms with Crippen LogP contribution in [-0.2, 0) is 9.53 Å². The Morgan fingerprint density at radius 1 is 1.33 bits per heavy atom. The molecule has 1 amide bonds. The van der Waals surface area contributed by atoms with Crippen LogP contribution in [0.1, 0.15) is 17.3 Å². The van der Waals surface area contributed by atoms with E-state index in [2.05, 4.69) is 15.0 Å². The van der Waals surface area contributed by atoms with Gasteiger partial charge in [-0.25, -0.2) is 4.79 Å². The molecule has 1 N–H and O–H groups in total. The summed E-state index contributed by atoms with van der Waals surface area (Å²) in [4.78, 5) is 26.9. The van der Waals surface area contributed by atoms with Crippen molar-refractivity contribution < 1.29 is 14.3 Å². The highest BCUT2D eigenvalue weighted by molar-refractivity contribution is 6.04. The van der Waals surface area contributed by atoms with Crippen molar-refractivity contribution in [3.8, 4) is 0 Å². The van der Waals surface area contributed by atoms with Gasteiger partial charge in [-0.2, -0.15) is 0 Å². The lowest BCUT2D eigenvalue weighted by atomic mass is 10.1. The largest absolute Gasteiger partial charge is 0.465 e. The molecule has 5 nitrogen and oxygen atoms in total. The normalized spacial score (nSPS) is 10.1. The Bertz CT molecular complexity index is 623. The number of hydrogen-bond acceptors (Lipinski definition) is 4. The number of hydrogen-bond donors (Lipinski definition) is 1. The van der Waals surface area contributed by atoms with Crippen LogP contribution in [0.2, 0.25) is 0 Å². The molecule has 2 aromatic rings. The number of nitrogens with zero attached hydrogens (tertiary/aromatic N) is 1. The number of aromatic nitrogens is 1. The molecule has 0 unspecified atom stereocenters. The number of pyridine rings is 1. The topological polar surface area (TPSA) is 68.3 Å². The van der Waals surface area contributed by atoms with Gasteiger partial charge in [0, 0.05) is 18.5 Å². The second kappa shape index (κ2) is 4.83. The van der Waals surface area contributed by atoms with E-state index >= 15 is 0 Å². The van der Waals surface area contributed by atoms with E-state index in [4.69, 9.17) is 0 Å². The number of benzene rings is 1. The number of nitrogens with one attached hydrogen (secondary N) is 1. The van der Waals surface area contributed by atoms with E-state index in [0.717, 1.165) is 5.39 Å². The van der Waals surface area contributed by atoms with Crippen LogP contribution < -0.4 is 5.32 Å². The van der Waals surface area contributed by atoms with E-state index in [-0.39, 0.29) is 5.91 Å². The molecule has 0 aliphatic heterocycles. The van der Waals surface area contributed by atoms with E-state index < -0.39 is 5.97 Å². The van der Waals surface area contributed by atoms with Gasteiger partial charge < -0.3 is 10.1 Å². The number of esters is 1. The molecule has 2 rings (SSSR count). The minimum absolute atomic E-state index is 0.219. The van der Waals surface area contributed by atoms with Crippen LogP contribution in [-0.4, -0.2) is 24.0 Å². The molecule has 0 bridgehead atoms. The molecule has 1 aromatic heterocycles. The van der Waals surface area contributed by atoms with Crippen LogP contribution in [0.5, 0.6) is 0 Å². The predicted octanol–water partition coefficient (Wildman–Crippen LogP) is 1.98. The van der Waals surface area contributed by atoms with Gasteiger partial charge in [0.25, 0.3) is 0 Å². The van der Waals surface area contributed by atoms with Crippen LogP contribution in [0, 0.1) is 0 Å². The van der Waals surface area contributed by atoms with Gasteiger partial charge in [-0.15, -0.1) is 0 Å². The van der Waals surface area contributed by atoms with Gasteiger partial charge in [0.05, 0.1) is 23.9 Å².